The molecule has 11 heteroatoms. The number of aromatic amines is 1. The van der Waals surface area contributed by atoms with Gasteiger partial charge < -0.3 is 14.5 Å². The summed E-state index contributed by atoms with van der Waals surface area (Å²) >= 11 is 0. The van der Waals surface area contributed by atoms with Gasteiger partial charge in [-0.05, 0) is 18.2 Å². The van der Waals surface area contributed by atoms with Crippen LogP contribution in [0.5, 0.6) is 11.5 Å². The summed E-state index contributed by atoms with van der Waals surface area (Å²) < 4.78 is 58.1. The van der Waals surface area contributed by atoms with Crippen molar-refractivity contribution in [2.45, 2.75) is 17.3 Å². The van der Waals surface area contributed by atoms with Gasteiger partial charge in [0.15, 0.2) is 5.16 Å². The quantitative estimate of drug-likeness (QED) is 0.674. The van der Waals surface area contributed by atoms with Crippen molar-refractivity contribution in [1.82, 2.24) is 15.0 Å². The summed E-state index contributed by atoms with van der Waals surface area (Å²) in [4.78, 5) is 11.0. The number of aromatic nitrogens is 3. The van der Waals surface area contributed by atoms with E-state index in [2.05, 4.69) is 19.7 Å². The van der Waals surface area contributed by atoms with Crippen LogP contribution < -0.4 is 9.47 Å². The molecule has 0 fully saturated rings. The van der Waals surface area contributed by atoms with Crippen molar-refractivity contribution in [3.63, 3.8) is 0 Å². The number of nitrogens with zero attached hydrogens (tertiary/aromatic N) is 2. The van der Waals surface area contributed by atoms with E-state index < -0.39 is 17.2 Å². The van der Waals surface area contributed by atoms with Gasteiger partial charge in [-0.3, -0.25) is 9.19 Å². The van der Waals surface area contributed by atoms with Gasteiger partial charge in [-0.15, -0.1) is 13.2 Å². The van der Waals surface area contributed by atoms with Gasteiger partial charge in [0.25, 0.3) is 0 Å². The average Bonchev–Trinajstić information content (AvgIpc) is 2.97. The second-order valence-corrected chi connectivity index (χ2v) is 6.31. The molecule has 0 bridgehead atoms. The largest absolute Gasteiger partial charge is 0.573 e. The molecule has 0 amide bonds. The number of rotatable bonds is 5. The number of H-pyrrole nitrogens is 1. The first-order chi connectivity index (χ1) is 11.8. The molecule has 0 spiro atoms. The first-order valence-electron chi connectivity index (χ1n) is 6.97. The predicted molar refractivity (Wildman–Crippen MR) is 89.4 cm³/mol. The van der Waals surface area contributed by atoms with Crippen LogP contribution in [0.3, 0.4) is 0 Å². The van der Waals surface area contributed by atoms with E-state index in [1.165, 1.54) is 19.4 Å². The Morgan fingerprint density at radius 3 is 2.65 bits per heavy atom. The molecule has 1 N–H and O–H groups in total. The van der Waals surface area contributed by atoms with Crippen molar-refractivity contribution in [1.29, 1.82) is 0 Å². The van der Waals surface area contributed by atoms with Gasteiger partial charge in [-0.25, -0.2) is 4.98 Å². The van der Waals surface area contributed by atoms with Crippen LogP contribution in [-0.4, -0.2) is 62.2 Å². The van der Waals surface area contributed by atoms with Crippen LogP contribution in [-0.2, 0) is 16.6 Å². The standard InChI is InChI=1S/C15H12F3N3O3S.Na/c1-23-10-4-5-19-9(6-10)8-25(22)14-20-12-3-2-11(7-13(12)21-14)24-15(16,17)18;/h2-7H,8H2,1H3,(H,20,21);. The van der Waals surface area contributed by atoms with Gasteiger partial charge in [-0.1, -0.05) is 0 Å². The Bertz CT molecular complexity index is 933. The molecule has 0 aliphatic rings. The first-order valence-corrected chi connectivity index (χ1v) is 8.29. The summed E-state index contributed by atoms with van der Waals surface area (Å²) in [6, 6.07) is 6.97. The summed E-state index contributed by atoms with van der Waals surface area (Å²) in [5, 5.41) is 0.142. The minimum Gasteiger partial charge on any atom is -0.497 e. The minimum absolute atomic E-state index is 0. The van der Waals surface area contributed by atoms with Crippen molar-refractivity contribution in [3.05, 3.63) is 42.2 Å². The number of fused-ring (bicyclic) bond motifs is 1. The van der Waals surface area contributed by atoms with Crippen molar-refractivity contribution < 1.29 is 26.9 Å². The monoisotopic (exact) mass is 394 g/mol. The van der Waals surface area contributed by atoms with Crippen LogP contribution in [0.15, 0.2) is 41.7 Å². The SMILES string of the molecule is COc1ccnc(CS(=O)c2nc3ccc(OC(F)(F)F)cc3[nH]2)c1.[Na]. The zero-order chi connectivity index (χ0) is 18.0. The molecule has 0 aliphatic carbocycles. The van der Waals surface area contributed by atoms with Gasteiger partial charge in [-0.2, -0.15) is 0 Å². The van der Waals surface area contributed by atoms with Crippen LogP contribution in [0.1, 0.15) is 5.69 Å². The number of pyridine rings is 1. The molecule has 26 heavy (non-hydrogen) atoms. The molecule has 133 valence electrons. The van der Waals surface area contributed by atoms with E-state index in [1.54, 1.807) is 12.1 Å². The number of methoxy groups -OCH3 is 1. The third kappa shape index (κ3) is 5.19. The second kappa shape index (κ2) is 8.38. The molecule has 2 aromatic heterocycles. The fourth-order valence-electron chi connectivity index (χ4n) is 2.13. The van der Waals surface area contributed by atoms with E-state index in [4.69, 9.17) is 4.74 Å². The van der Waals surface area contributed by atoms with Crippen LogP contribution >= 0.6 is 0 Å². The van der Waals surface area contributed by atoms with Crippen LogP contribution in [0.2, 0.25) is 0 Å². The fourth-order valence-corrected chi connectivity index (χ4v) is 3.12. The van der Waals surface area contributed by atoms with E-state index >= 15 is 0 Å². The minimum atomic E-state index is -4.78. The molecule has 3 rings (SSSR count). The van der Waals surface area contributed by atoms with Gasteiger partial charge in [0, 0.05) is 47.9 Å². The summed E-state index contributed by atoms with van der Waals surface area (Å²) in [6.45, 7) is 0. The van der Waals surface area contributed by atoms with E-state index in [-0.39, 0.29) is 46.2 Å². The number of alkyl halides is 3. The first kappa shape index (κ1) is 20.7. The molecule has 1 atom stereocenters. The Hall–Kier alpha value is -1.62. The van der Waals surface area contributed by atoms with Crippen molar-refractivity contribution in [2.75, 3.05) is 7.11 Å². The topological polar surface area (TPSA) is 77.1 Å². The number of hydrogen-bond donors (Lipinski definition) is 1. The van der Waals surface area contributed by atoms with Crippen molar-refractivity contribution >= 4 is 51.4 Å². The van der Waals surface area contributed by atoms with Crippen LogP contribution in [0, 0.1) is 0 Å². The molecular formula is C15H12F3N3NaO3S. The zero-order valence-electron chi connectivity index (χ0n) is 13.8. The third-order valence-electron chi connectivity index (χ3n) is 3.18. The predicted octanol–water partition coefficient (Wildman–Crippen LogP) is 2.79. The Morgan fingerprint density at radius 1 is 1.19 bits per heavy atom. The van der Waals surface area contributed by atoms with Crippen LogP contribution in [0.4, 0.5) is 13.2 Å². The van der Waals surface area contributed by atoms with Gasteiger partial charge in [0.05, 0.1) is 40.4 Å². The van der Waals surface area contributed by atoms with Gasteiger partial charge in [0.1, 0.15) is 11.5 Å². The van der Waals surface area contributed by atoms with Gasteiger partial charge in [0.2, 0.25) is 0 Å². The molecule has 3 aromatic rings. The molecule has 1 radical (unpaired) electrons. The van der Waals surface area contributed by atoms with E-state index in [9.17, 15) is 17.4 Å². The third-order valence-corrected chi connectivity index (χ3v) is 4.37. The zero-order valence-corrected chi connectivity index (χ0v) is 16.6. The maximum absolute atomic E-state index is 12.4. The Labute approximate surface area is 170 Å². The number of ether oxygens (including phenoxy) is 2. The summed E-state index contributed by atoms with van der Waals surface area (Å²) in [5.41, 5.74) is 1.22. The molecule has 1 unspecified atom stereocenters. The van der Waals surface area contributed by atoms with Crippen molar-refractivity contribution in [3.8, 4) is 11.5 Å². The molecule has 0 aliphatic heterocycles. The number of nitrogens with one attached hydrogen (secondary N) is 1. The number of benzene rings is 1. The Kier molecular flexibility index (Phi) is 6.67. The van der Waals surface area contributed by atoms with Gasteiger partial charge >= 0.3 is 6.36 Å². The summed E-state index contributed by atoms with van der Waals surface area (Å²) in [5.74, 6) is 0.291. The van der Waals surface area contributed by atoms with E-state index in [0.29, 0.717) is 22.5 Å². The second-order valence-electron chi connectivity index (χ2n) is 4.95. The van der Waals surface area contributed by atoms with Crippen molar-refractivity contribution in [2.24, 2.45) is 0 Å². The molecule has 1 aromatic carbocycles. The Balaban J connectivity index is 0.00000243. The van der Waals surface area contributed by atoms with E-state index in [1.807, 2.05) is 0 Å². The fraction of sp³-hybridized carbons (Fsp3) is 0.200. The van der Waals surface area contributed by atoms with E-state index in [0.717, 1.165) is 12.1 Å². The molecule has 2 heterocycles. The molecule has 0 saturated carbocycles. The molecular weight excluding hydrogens is 382 g/mol. The maximum atomic E-state index is 12.4. The average molecular weight is 394 g/mol. The smallest absolute Gasteiger partial charge is 0.497 e. The summed E-state index contributed by atoms with van der Waals surface area (Å²) in [7, 11) is -0.0409. The molecule has 0 saturated heterocycles. The molecule has 6 nitrogen and oxygen atoms in total. The normalized spacial score (nSPS) is 12.5. The number of halogens is 3. The maximum Gasteiger partial charge on any atom is 0.573 e. The number of imidazole rings is 1. The Morgan fingerprint density at radius 2 is 1.96 bits per heavy atom. The number of hydrogen-bond acceptors (Lipinski definition) is 5. The van der Waals surface area contributed by atoms with Crippen LogP contribution in [0.25, 0.3) is 11.0 Å². The summed E-state index contributed by atoms with van der Waals surface area (Å²) in [6.07, 6.45) is -3.25.